The van der Waals surface area contributed by atoms with Crippen molar-refractivity contribution in [2.24, 2.45) is 0 Å². The predicted molar refractivity (Wildman–Crippen MR) is 140 cm³/mol. The molecule has 15 heteroatoms. The van der Waals surface area contributed by atoms with E-state index in [1.54, 1.807) is 42.5 Å². The SMILES string of the molecule is C[C@H](NP(=O)(OC[C@H]1OC2(F)[C@@H](n3ccc(N)nc3=O)C2(F)C1O)Oc1ccccc1)C(=O)OCc1ccccc1. The molecular formula is C26H27F2N4O8P. The summed E-state index contributed by atoms with van der Waals surface area (Å²) >= 11 is 0. The quantitative estimate of drug-likeness (QED) is 0.221. The minimum atomic E-state index is -4.43. The molecule has 12 nitrogen and oxygen atoms in total. The van der Waals surface area contributed by atoms with E-state index >= 15 is 8.78 Å². The molecule has 2 heterocycles. The van der Waals surface area contributed by atoms with Gasteiger partial charge in [0.15, 0.2) is 0 Å². The minimum absolute atomic E-state index is 0.0382. The molecule has 2 aromatic carbocycles. The number of anilines is 1. The number of esters is 1. The number of nitrogen functional groups attached to an aromatic ring is 1. The van der Waals surface area contributed by atoms with Crippen LogP contribution in [0.2, 0.25) is 0 Å². The van der Waals surface area contributed by atoms with Crippen molar-refractivity contribution >= 4 is 19.5 Å². The van der Waals surface area contributed by atoms with Crippen molar-refractivity contribution < 1.29 is 41.8 Å². The average molecular weight is 592 g/mol. The lowest BCUT2D eigenvalue weighted by Crippen LogP contribution is -2.41. The number of aliphatic hydroxyl groups excluding tert-OH is 1. The number of nitrogens with zero attached hydrogens (tertiary/aromatic N) is 2. The summed E-state index contributed by atoms with van der Waals surface area (Å²) in [5.74, 6) is -3.91. The van der Waals surface area contributed by atoms with Crippen LogP contribution in [-0.4, -0.2) is 57.0 Å². The van der Waals surface area contributed by atoms with Crippen LogP contribution >= 0.6 is 7.75 Å². The Labute approximate surface area is 232 Å². The van der Waals surface area contributed by atoms with Gasteiger partial charge in [0.2, 0.25) is 5.67 Å². The second-order valence-electron chi connectivity index (χ2n) is 9.60. The summed E-state index contributed by atoms with van der Waals surface area (Å²) in [6.07, 6.45) is -2.73. The summed E-state index contributed by atoms with van der Waals surface area (Å²) in [6, 6.07) is 14.9. The zero-order valence-electron chi connectivity index (χ0n) is 21.6. The maximum Gasteiger partial charge on any atom is 0.459 e. The van der Waals surface area contributed by atoms with Crippen LogP contribution in [0.4, 0.5) is 14.6 Å². The van der Waals surface area contributed by atoms with E-state index in [2.05, 4.69) is 10.1 Å². The standard InChI is InChI=1S/C26H27F2N4O8P/c1-16(22(34)37-14-17-8-4-2-5-9-17)31-41(36,40-18-10-6-3-7-11-18)38-15-19-21(33)25(27)23(26(25,28)39-19)32-13-12-20(29)30-24(32)35/h2-13,16,19,21,23,33H,14-15H2,1H3,(H,31,36)(H2,29,30,35)/t16-,19+,21?,23-,25?,26?,41?/m0/s1. The van der Waals surface area contributed by atoms with Crippen LogP contribution in [0.25, 0.3) is 0 Å². The zero-order chi connectivity index (χ0) is 29.4. The summed E-state index contributed by atoms with van der Waals surface area (Å²) in [5, 5.41) is 13.1. The van der Waals surface area contributed by atoms with Crippen molar-refractivity contribution in [3.8, 4) is 5.75 Å². The van der Waals surface area contributed by atoms with E-state index < -0.39 is 61.8 Å². The smallest absolute Gasteiger partial charge is 0.459 e. The summed E-state index contributed by atoms with van der Waals surface area (Å²) in [5.41, 5.74) is 2.11. The molecule has 0 radical (unpaired) electrons. The lowest BCUT2D eigenvalue weighted by atomic mass is 10.1. The lowest BCUT2D eigenvalue weighted by molar-refractivity contribution is -0.146. The van der Waals surface area contributed by atoms with Gasteiger partial charge in [-0.2, -0.15) is 10.1 Å². The highest BCUT2D eigenvalue weighted by atomic mass is 31.2. The van der Waals surface area contributed by atoms with Crippen molar-refractivity contribution in [2.45, 2.75) is 49.3 Å². The van der Waals surface area contributed by atoms with Crippen LogP contribution in [0, 0.1) is 0 Å². The van der Waals surface area contributed by atoms with E-state index in [9.17, 15) is 19.3 Å². The van der Waals surface area contributed by atoms with Crippen LogP contribution in [-0.2, 0) is 30.0 Å². The number of aliphatic hydroxyl groups is 1. The second kappa shape index (κ2) is 11.0. The molecule has 0 amide bonds. The molecule has 5 rings (SSSR count). The van der Waals surface area contributed by atoms with Crippen LogP contribution in [0.5, 0.6) is 5.75 Å². The van der Waals surface area contributed by atoms with E-state index in [1.807, 2.05) is 6.07 Å². The molecule has 1 aromatic heterocycles. The fourth-order valence-corrected chi connectivity index (χ4v) is 6.11. The number of hydrogen-bond donors (Lipinski definition) is 3. The second-order valence-corrected chi connectivity index (χ2v) is 11.3. The molecular weight excluding hydrogens is 565 g/mol. The summed E-state index contributed by atoms with van der Waals surface area (Å²) < 4.78 is 66.8. The number of carbonyl (C=O) groups excluding carboxylic acids is 1. The Morgan fingerprint density at radius 3 is 2.46 bits per heavy atom. The zero-order valence-corrected chi connectivity index (χ0v) is 22.5. The highest BCUT2D eigenvalue weighted by molar-refractivity contribution is 7.52. The molecule has 0 bridgehead atoms. The van der Waals surface area contributed by atoms with Gasteiger partial charge < -0.3 is 24.8 Å². The van der Waals surface area contributed by atoms with Crippen molar-refractivity contribution in [3.63, 3.8) is 0 Å². The molecule has 1 aliphatic heterocycles. The summed E-state index contributed by atoms with van der Waals surface area (Å²) in [6.45, 7) is 0.524. The van der Waals surface area contributed by atoms with Crippen LogP contribution in [0.3, 0.4) is 0 Å². The number of benzene rings is 2. The van der Waals surface area contributed by atoms with Crippen molar-refractivity contribution in [1.29, 1.82) is 0 Å². The van der Waals surface area contributed by atoms with Crippen molar-refractivity contribution in [3.05, 3.63) is 89.0 Å². The maximum atomic E-state index is 15.6. The highest BCUT2D eigenvalue weighted by Crippen LogP contribution is 2.70. The third kappa shape index (κ3) is 5.48. The molecule has 2 fully saturated rings. The fraction of sp³-hybridized carbons (Fsp3) is 0.346. The third-order valence-corrected chi connectivity index (χ3v) is 8.37. The molecule has 3 aromatic rings. The minimum Gasteiger partial charge on any atom is -0.460 e. The Kier molecular flexibility index (Phi) is 7.70. The van der Waals surface area contributed by atoms with E-state index in [0.29, 0.717) is 4.57 Å². The lowest BCUT2D eigenvalue weighted by Gasteiger charge is -2.26. The van der Waals surface area contributed by atoms with Gasteiger partial charge in [0.1, 0.15) is 42.5 Å². The molecule has 4 N–H and O–H groups in total. The van der Waals surface area contributed by atoms with E-state index in [0.717, 1.165) is 11.8 Å². The molecule has 2 aliphatic rings. The van der Waals surface area contributed by atoms with E-state index in [4.69, 9.17) is 24.3 Å². The number of hydrogen-bond acceptors (Lipinski definition) is 10. The van der Waals surface area contributed by atoms with Crippen LogP contribution in [0.1, 0.15) is 18.5 Å². The molecule has 41 heavy (non-hydrogen) atoms. The van der Waals surface area contributed by atoms with Crippen molar-refractivity contribution in [2.75, 3.05) is 12.3 Å². The van der Waals surface area contributed by atoms with Gasteiger partial charge in [-0.05, 0) is 30.7 Å². The number of ether oxygens (including phenoxy) is 2. The molecule has 1 saturated carbocycles. The van der Waals surface area contributed by atoms with Gasteiger partial charge in [-0.15, -0.1) is 0 Å². The fourth-order valence-electron chi connectivity index (χ4n) is 4.61. The van der Waals surface area contributed by atoms with E-state index in [1.165, 1.54) is 25.1 Å². The average Bonchev–Trinajstić information content (AvgIpc) is 3.35. The first-order chi connectivity index (χ1) is 19.5. The monoisotopic (exact) mass is 592 g/mol. The molecule has 1 saturated heterocycles. The number of carbonyl (C=O) groups is 1. The molecule has 7 atom stereocenters. The van der Waals surface area contributed by atoms with Gasteiger partial charge in [0, 0.05) is 6.20 Å². The van der Waals surface area contributed by atoms with Gasteiger partial charge in [0.25, 0.3) is 5.85 Å². The third-order valence-electron chi connectivity index (χ3n) is 6.73. The van der Waals surface area contributed by atoms with Gasteiger partial charge in [-0.1, -0.05) is 48.5 Å². The number of para-hydroxylation sites is 1. The molecule has 4 unspecified atom stereocenters. The number of rotatable bonds is 11. The summed E-state index contributed by atoms with van der Waals surface area (Å²) in [7, 11) is -4.43. The number of nitrogens with two attached hydrogens (primary N) is 1. The molecule has 218 valence electrons. The molecule has 1 aliphatic carbocycles. The van der Waals surface area contributed by atoms with Gasteiger partial charge in [-0.25, -0.2) is 18.1 Å². The number of aromatic nitrogens is 2. The summed E-state index contributed by atoms with van der Waals surface area (Å²) in [4.78, 5) is 28.1. The number of halogens is 2. The van der Waals surface area contributed by atoms with Crippen LogP contribution < -0.4 is 21.0 Å². The first-order valence-corrected chi connectivity index (χ1v) is 14.1. The predicted octanol–water partition coefficient (Wildman–Crippen LogP) is 2.44. The molecule has 0 spiro atoms. The Hall–Kier alpha value is -3.68. The van der Waals surface area contributed by atoms with Gasteiger partial charge >= 0.3 is 19.4 Å². The topological polar surface area (TPSA) is 164 Å². The van der Waals surface area contributed by atoms with Crippen LogP contribution in [0.15, 0.2) is 77.7 Å². The van der Waals surface area contributed by atoms with Crippen molar-refractivity contribution in [1.82, 2.24) is 14.6 Å². The maximum absolute atomic E-state index is 15.6. The Morgan fingerprint density at radius 1 is 1.20 bits per heavy atom. The number of nitrogens with one attached hydrogen (secondary N) is 1. The number of fused-ring (bicyclic) bond motifs is 1. The largest absolute Gasteiger partial charge is 0.460 e. The van der Waals surface area contributed by atoms with Gasteiger partial charge in [0.05, 0.1) is 6.61 Å². The Morgan fingerprint density at radius 2 is 1.85 bits per heavy atom. The number of alkyl halides is 2. The van der Waals surface area contributed by atoms with E-state index in [-0.39, 0.29) is 18.2 Å². The Bertz CT molecular complexity index is 1520. The first-order valence-electron chi connectivity index (χ1n) is 12.5. The first kappa shape index (κ1) is 28.8. The highest BCUT2D eigenvalue weighted by Gasteiger charge is 2.92. The normalized spacial score (nSPS) is 28.7. The Balaban J connectivity index is 1.27. The van der Waals surface area contributed by atoms with Gasteiger partial charge in [-0.3, -0.25) is 13.9 Å².